The van der Waals surface area contributed by atoms with Crippen molar-refractivity contribution >= 4 is 15.7 Å². The number of hydrogen-bond donors (Lipinski definition) is 1. The Morgan fingerprint density at radius 1 is 1.17 bits per heavy atom. The minimum Gasteiger partial charge on any atom is -0.497 e. The van der Waals surface area contributed by atoms with Crippen molar-refractivity contribution in [1.29, 1.82) is 0 Å². The summed E-state index contributed by atoms with van der Waals surface area (Å²) >= 11 is 0. The molecule has 2 aromatic rings. The third-order valence-electron chi connectivity index (χ3n) is 3.16. The minimum absolute atomic E-state index is 0.0797. The highest BCUT2D eigenvalue weighted by molar-refractivity contribution is 7.92. The van der Waals surface area contributed by atoms with Gasteiger partial charge in [-0.2, -0.15) is 0 Å². The molecule has 0 spiro atoms. The van der Waals surface area contributed by atoms with Crippen LogP contribution in [0, 0.1) is 12.7 Å². The third kappa shape index (κ3) is 3.92. The molecule has 0 atom stereocenters. The number of methoxy groups -OCH3 is 1. The molecule has 7 heteroatoms. The number of ether oxygens (including phenoxy) is 2. The van der Waals surface area contributed by atoms with Gasteiger partial charge in [0.2, 0.25) is 0 Å². The Kier molecular flexibility index (Phi) is 5.10. The molecule has 0 aliphatic carbocycles. The van der Waals surface area contributed by atoms with Gasteiger partial charge in [-0.05, 0) is 49.7 Å². The van der Waals surface area contributed by atoms with Crippen LogP contribution in [0.3, 0.4) is 0 Å². The Hall–Kier alpha value is -2.28. The molecule has 0 saturated heterocycles. The molecule has 1 N–H and O–H groups in total. The van der Waals surface area contributed by atoms with Crippen LogP contribution in [-0.2, 0) is 10.0 Å². The largest absolute Gasteiger partial charge is 0.497 e. The summed E-state index contributed by atoms with van der Waals surface area (Å²) in [5.74, 6) is 0.0168. The second kappa shape index (κ2) is 6.87. The first-order valence-electron chi connectivity index (χ1n) is 6.97. The average molecular weight is 339 g/mol. The maximum atomic E-state index is 13.8. The SMILES string of the molecule is CCOc1ccc(NS(=O)(=O)c2ccc(OC)cc2C)cc1F. The van der Waals surface area contributed by atoms with Crippen molar-refractivity contribution in [3.63, 3.8) is 0 Å². The van der Waals surface area contributed by atoms with E-state index in [1.54, 1.807) is 26.0 Å². The fourth-order valence-electron chi connectivity index (χ4n) is 2.10. The van der Waals surface area contributed by atoms with Crippen LogP contribution in [0.25, 0.3) is 0 Å². The van der Waals surface area contributed by atoms with E-state index in [0.29, 0.717) is 17.9 Å². The molecule has 0 bridgehead atoms. The van der Waals surface area contributed by atoms with Crippen LogP contribution in [-0.4, -0.2) is 22.1 Å². The summed E-state index contributed by atoms with van der Waals surface area (Å²) in [7, 11) is -2.32. The Labute approximate surface area is 135 Å². The molecule has 0 unspecified atom stereocenters. The summed E-state index contributed by atoms with van der Waals surface area (Å²) in [6, 6.07) is 8.54. The van der Waals surface area contributed by atoms with Crippen LogP contribution in [0.5, 0.6) is 11.5 Å². The highest BCUT2D eigenvalue weighted by Crippen LogP contribution is 2.26. The van der Waals surface area contributed by atoms with Gasteiger partial charge >= 0.3 is 0 Å². The van der Waals surface area contributed by atoms with E-state index < -0.39 is 15.8 Å². The molecule has 5 nitrogen and oxygen atoms in total. The van der Waals surface area contributed by atoms with Crippen LogP contribution >= 0.6 is 0 Å². The topological polar surface area (TPSA) is 64.6 Å². The number of rotatable bonds is 6. The smallest absolute Gasteiger partial charge is 0.262 e. The van der Waals surface area contributed by atoms with Gasteiger partial charge in [0, 0.05) is 6.07 Å². The summed E-state index contributed by atoms with van der Waals surface area (Å²) in [4.78, 5) is 0.104. The van der Waals surface area contributed by atoms with Crippen molar-refractivity contribution in [3.05, 3.63) is 47.8 Å². The molecule has 2 rings (SSSR count). The zero-order chi connectivity index (χ0) is 17.0. The Morgan fingerprint density at radius 3 is 2.48 bits per heavy atom. The van der Waals surface area contributed by atoms with Gasteiger partial charge in [-0.15, -0.1) is 0 Å². The predicted molar refractivity (Wildman–Crippen MR) is 86.1 cm³/mol. The number of benzene rings is 2. The monoisotopic (exact) mass is 339 g/mol. The zero-order valence-corrected chi connectivity index (χ0v) is 13.9. The molecule has 0 fully saturated rings. The lowest BCUT2D eigenvalue weighted by atomic mass is 10.2. The Balaban J connectivity index is 2.29. The van der Waals surface area contributed by atoms with Gasteiger partial charge in [-0.1, -0.05) is 0 Å². The average Bonchev–Trinajstić information content (AvgIpc) is 2.49. The molecular weight excluding hydrogens is 321 g/mol. The number of hydrogen-bond acceptors (Lipinski definition) is 4. The van der Waals surface area contributed by atoms with Crippen LogP contribution in [0.15, 0.2) is 41.3 Å². The molecule has 124 valence electrons. The van der Waals surface area contributed by atoms with Crippen molar-refractivity contribution in [1.82, 2.24) is 0 Å². The summed E-state index contributed by atoms with van der Waals surface area (Å²) in [5, 5.41) is 0. The van der Waals surface area contributed by atoms with Gasteiger partial charge in [0.25, 0.3) is 10.0 Å². The quantitative estimate of drug-likeness (QED) is 0.877. The van der Waals surface area contributed by atoms with E-state index in [9.17, 15) is 12.8 Å². The van der Waals surface area contributed by atoms with Gasteiger partial charge < -0.3 is 9.47 Å². The number of anilines is 1. The Bertz CT molecular complexity index is 806. The van der Waals surface area contributed by atoms with Crippen LogP contribution in [0.4, 0.5) is 10.1 Å². The maximum absolute atomic E-state index is 13.8. The second-order valence-corrected chi connectivity index (χ2v) is 6.47. The third-order valence-corrected chi connectivity index (χ3v) is 4.70. The molecular formula is C16H18FNO4S. The van der Waals surface area contributed by atoms with Crippen LogP contribution in [0.2, 0.25) is 0 Å². The van der Waals surface area contributed by atoms with E-state index in [-0.39, 0.29) is 16.3 Å². The molecule has 2 aromatic carbocycles. The molecule has 0 heterocycles. The van der Waals surface area contributed by atoms with E-state index in [1.807, 2.05) is 0 Å². The maximum Gasteiger partial charge on any atom is 0.262 e. The molecule has 0 aromatic heterocycles. The zero-order valence-electron chi connectivity index (χ0n) is 13.1. The van der Waals surface area contributed by atoms with Gasteiger partial charge in [0.15, 0.2) is 11.6 Å². The molecule has 0 radical (unpaired) electrons. The van der Waals surface area contributed by atoms with E-state index in [1.165, 1.54) is 25.3 Å². The summed E-state index contributed by atoms with van der Waals surface area (Å²) in [6.07, 6.45) is 0. The predicted octanol–water partition coefficient (Wildman–Crippen LogP) is 3.34. The fourth-order valence-corrected chi connectivity index (χ4v) is 3.37. The van der Waals surface area contributed by atoms with Crippen molar-refractivity contribution in [2.24, 2.45) is 0 Å². The van der Waals surface area contributed by atoms with Crippen LogP contribution in [0.1, 0.15) is 12.5 Å². The van der Waals surface area contributed by atoms with Crippen molar-refractivity contribution < 1.29 is 22.3 Å². The van der Waals surface area contributed by atoms with E-state index >= 15 is 0 Å². The minimum atomic E-state index is -3.82. The molecule has 0 aliphatic heterocycles. The van der Waals surface area contributed by atoms with Crippen molar-refractivity contribution in [2.75, 3.05) is 18.4 Å². The highest BCUT2D eigenvalue weighted by atomic mass is 32.2. The van der Waals surface area contributed by atoms with Crippen LogP contribution < -0.4 is 14.2 Å². The number of halogens is 1. The lowest BCUT2D eigenvalue weighted by molar-refractivity contribution is 0.321. The highest BCUT2D eigenvalue weighted by Gasteiger charge is 2.18. The van der Waals surface area contributed by atoms with Gasteiger partial charge in [-0.25, -0.2) is 12.8 Å². The van der Waals surface area contributed by atoms with Crippen molar-refractivity contribution in [3.8, 4) is 11.5 Å². The molecule has 23 heavy (non-hydrogen) atoms. The normalized spacial score (nSPS) is 11.1. The fraction of sp³-hybridized carbons (Fsp3) is 0.250. The standard InChI is InChI=1S/C16H18FNO4S/c1-4-22-15-7-5-12(10-14(15)17)18-23(19,20)16-8-6-13(21-3)9-11(16)2/h5-10,18H,4H2,1-3H3. The van der Waals surface area contributed by atoms with E-state index in [0.717, 1.165) is 6.07 Å². The summed E-state index contributed by atoms with van der Waals surface area (Å²) in [6.45, 7) is 3.73. The van der Waals surface area contributed by atoms with E-state index in [4.69, 9.17) is 9.47 Å². The number of aryl methyl sites for hydroxylation is 1. The number of sulfonamides is 1. The van der Waals surface area contributed by atoms with Crippen molar-refractivity contribution in [2.45, 2.75) is 18.7 Å². The number of nitrogens with one attached hydrogen (secondary N) is 1. The molecule has 0 amide bonds. The first-order chi connectivity index (χ1) is 10.9. The first-order valence-corrected chi connectivity index (χ1v) is 8.45. The molecule has 0 aliphatic rings. The summed E-state index contributed by atoms with van der Waals surface area (Å²) in [5.41, 5.74) is 0.657. The van der Waals surface area contributed by atoms with Gasteiger partial charge in [0.1, 0.15) is 5.75 Å². The second-order valence-electron chi connectivity index (χ2n) is 4.82. The lowest BCUT2D eigenvalue weighted by Gasteiger charge is -2.12. The van der Waals surface area contributed by atoms with Gasteiger partial charge in [-0.3, -0.25) is 4.72 Å². The Morgan fingerprint density at radius 2 is 1.91 bits per heavy atom. The molecule has 0 saturated carbocycles. The van der Waals surface area contributed by atoms with Gasteiger partial charge in [0.05, 0.1) is 24.3 Å². The summed E-state index contributed by atoms with van der Waals surface area (Å²) < 4.78 is 51.2. The lowest BCUT2D eigenvalue weighted by Crippen LogP contribution is -2.14. The first kappa shape index (κ1) is 17.1. The van der Waals surface area contributed by atoms with E-state index in [2.05, 4.69) is 4.72 Å².